The molecule has 0 saturated heterocycles. The van der Waals surface area contributed by atoms with E-state index < -0.39 is 12.6 Å². The molecular weight excluding hydrogens is 242 g/mol. The first-order chi connectivity index (χ1) is 7.40. The van der Waals surface area contributed by atoms with Crippen molar-refractivity contribution in [3.8, 4) is 5.75 Å². The van der Waals surface area contributed by atoms with Crippen LogP contribution in [0.1, 0.15) is 11.1 Å². The smallest absolute Gasteiger partial charge is 0.387 e. The van der Waals surface area contributed by atoms with Crippen LogP contribution in [-0.4, -0.2) is 17.7 Å². The summed E-state index contributed by atoms with van der Waals surface area (Å²) in [7, 11) is 0. The van der Waals surface area contributed by atoms with Gasteiger partial charge in [0.15, 0.2) is 0 Å². The Morgan fingerprint density at radius 1 is 1.56 bits per heavy atom. The van der Waals surface area contributed by atoms with Gasteiger partial charge < -0.3 is 9.84 Å². The first kappa shape index (κ1) is 12.7. The molecule has 0 aromatic heterocycles. The zero-order chi connectivity index (χ0) is 12.3. The highest BCUT2D eigenvalue weighted by Gasteiger charge is 2.12. The van der Waals surface area contributed by atoms with Crippen LogP contribution in [0.2, 0.25) is 5.02 Å². The Labute approximate surface area is 95.6 Å². The van der Waals surface area contributed by atoms with E-state index in [1.54, 1.807) is 6.92 Å². The number of rotatable bonds is 4. The molecule has 0 aliphatic heterocycles. The number of carboxylic acids is 1. The summed E-state index contributed by atoms with van der Waals surface area (Å²) in [4.78, 5) is 10.5. The van der Waals surface area contributed by atoms with E-state index in [2.05, 4.69) is 4.74 Å². The number of hydrogen-bond acceptors (Lipinski definition) is 2. The van der Waals surface area contributed by atoms with Gasteiger partial charge in [0.05, 0.1) is 6.42 Å². The predicted molar refractivity (Wildman–Crippen MR) is 54.2 cm³/mol. The number of aliphatic carboxylic acids is 1. The molecule has 1 aromatic rings. The fourth-order valence-electron chi connectivity index (χ4n) is 1.27. The van der Waals surface area contributed by atoms with Crippen LogP contribution >= 0.6 is 11.6 Å². The third-order valence-corrected chi connectivity index (χ3v) is 2.41. The maximum atomic E-state index is 12.0. The first-order valence-corrected chi connectivity index (χ1v) is 4.73. The molecule has 0 aliphatic carbocycles. The predicted octanol–water partition coefficient (Wildman–Crippen LogP) is 2.88. The molecule has 0 amide bonds. The quantitative estimate of drug-likeness (QED) is 0.894. The number of benzene rings is 1. The molecule has 0 saturated carbocycles. The monoisotopic (exact) mass is 250 g/mol. The number of halogens is 3. The lowest BCUT2D eigenvalue weighted by molar-refractivity contribution is -0.136. The largest absolute Gasteiger partial charge is 0.481 e. The van der Waals surface area contributed by atoms with E-state index in [0.717, 1.165) is 0 Å². The topological polar surface area (TPSA) is 46.5 Å². The molecule has 1 rings (SSSR count). The van der Waals surface area contributed by atoms with Crippen molar-refractivity contribution < 1.29 is 23.4 Å². The van der Waals surface area contributed by atoms with E-state index in [0.29, 0.717) is 5.56 Å². The average molecular weight is 251 g/mol. The fraction of sp³-hybridized carbons (Fsp3) is 0.300. The minimum atomic E-state index is -2.95. The van der Waals surface area contributed by atoms with Crippen LogP contribution in [-0.2, 0) is 11.2 Å². The minimum Gasteiger partial charge on any atom is -0.481 e. The molecule has 0 fully saturated rings. The van der Waals surface area contributed by atoms with Crippen LogP contribution in [0.15, 0.2) is 12.1 Å². The Bertz CT molecular complexity index is 407. The molecule has 16 heavy (non-hydrogen) atoms. The van der Waals surface area contributed by atoms with Crippen LogP contribution in [0.4, 0.5) is 8.78 Å². The van der Waals surface area contributed by atoms with Gasteiger partial charge in [-0.05, 0) is 30.2 Å². The van der Waals surface area contributed by atoms with Gasteiger partial charge in [-0.1, -0.05) is 11.6 Å². The number of hydrogen-bond donors (Lipinski definition) is 1. The second kappa shape index (κ2) is 5.12. The van der Waals surface area contributed by atoms with Crippen molar-refractivity contribution in [3.05, 3.63) is 28.3 Å². The highest BCUT2D eigenvalue weighted by molar-refractivity contribution is 6.32. The molecule has 0 atom stereocenters. The molecule has 1 aromatic carbocycles. The van der Waals surface area contributed by atoms with Gasteiger partial charge in [0.25, 0.3) is 0 Å². The Morgan fingerprint density at radius 2 is 2.19 bits per heavy atom. The van der Waals surface area contributed by atoms with Crippen LogP contribution in [0, 0.1) is 6.92 Å². The van der Waals surface area contributed by atoms with Crippen LogP contribution in [0.3, 0.4) is 0 Å². The van der Waals surface area contributed by atoms with Crippen LogP contribution < -0.4 is 4.74 Å². The molecule has 3 nitrogen and oxygen atoms in total. The molecule has 88 valence electrons. The van der Waals surface area contributed by atoms with Crippen molar-refractivity contribution in [1.82, 2.24) is 0 Å². The summed E-state index contributed by atoms with van der Waals surface area (Å²) in [6, 6.07) is 2.54. The summed E-state index contributed by atoms with van der Waals surface area (Å²) in [5.74, 6) is -1.18. The average Bonchev–Trinajstić information content (AvgIpc) is 2.11. The van der Waals surface area contributed by atoms with E-state index in [4.69, 9.17) is 16.7 Å². The van der Waals surface area contributed by atoms with Gasteiger partial charge in [-0.3, -0.25) is 4.79 Å². The Morgan fingerprint density at radius 3 is 2.69 bits per heavy atom. The van der Waals surface area contributed by atoms with Crippen molar-refractivity contribution >= 4 is 17.6 Å². The van der Waals surface area contributed by atoms with Gasteiger partial charge in [-0.2, -0.15) is 8.78 Å². The molecule has 0 bridgehead atoms. The summed E-state index contributed by atoms with van der Waals surface area (Å²) in [5.41, 5.74) is 0.751. The number of carboxylic acid groups (broad SMARTS) is 1. The van der Waals surface area contributed by atoms with Crippen LogP contribution in [0.25, 0.3) is 0 Å². The molecule has 6 heteroatoms. The van der Waals surface area contributed by atoms with Gasteiger partial charge in [-0.15, -0.1) is 0 Å². The molecule has 0 heterocycles. The molecule has 1 N–H and O–H groups in total. The Hall–Kier alpha value is -1.36. The maximum absolute atomic E-state index is 12.0. The van der Waals surface area contributed by atoms with Crippen molar-refractivity contribution in [1.29, 1.82) is 0 Å². The number of ether oxygens (including phenoxy) is 1. The fourth-order valence-corrected chi connectivity index (χ4v) is 1.45. The van der Waals surface area contributed by atoms with Gasteiger partial charge >= 0.3 is 12.6 Å². The third-order valence-electron chi connectivity index (χ3n) is 1.87. The van der Waals surface area contributed by atoms with Crippen LogP contribution in [0.5, 0.6) is 5.75 Å². The second-order valence-corrected chi connectivity index (χ2v) is 3.54. The summed E-state index contributed by atoms with van der Waals surface area (Å²) in [6.45, 7) is -1.36. The van der Waals surface area contributed by atoms with Crippen molar-refractivity contribution in [2.45, 2.75) is 20.0 Å². The van der Waals surface area contributed by atoms with Crippen molar-refractivity contribution in [3.63, 3.8) is 0 Å². The molecule has 0 radical (unpaired) electrons. The van der Waals surface area contributed by atoms with Crippen molar-refractivity contribution in [2.75, 3.05) is 0 Å². The summed E-state index contributed by atoms with van der Waals surface area (Å²) in [6.07, 6.45) is -0.333. The first-order valence-electron chi connectivity index (χ1n) is 4.35. The zero-order valence-corrected chi connectivity index (χ0v) is 9.09. The van der Waals surface area contributed by atoms with E-state index in [-0.39, 0.29) is 22.8 Å². The Kier molecular flexibility index (Phi) is 4.06. The zero-order valence-electron chi connectivity index (χ0n) is 8.34. The summed E-state index contributed by atoms with van der Waals surface area (Å²) < 4.78 is 28.1. The van der Waals surface area contributed by atoms with Gasteiger partial charge in [0, 0.05) is 5.02 Å². The number of carbonyl (C=O) groups is 1. The van der Waals surface area contributed by atoms with Gasteiger partial charge in [-0.25, -0.2) is 0 Å². The summed E-state index contributed by atoms with van der Waals surface area (Å²) >= 11 is 5.84. The lowest BCUT2D eigenvalue weighted by Gasteiger charge is -2.10. The van der Waals surface area contributed by atoms with E-state index in [1.807, 2.05) is 0 Å². The van der Waals surface area contributed by atoms with Crippen molar-refractivity contribution in [2.24, 2.45) is 0 Å². The maximum Gasteiger partial charge on any atom is 0.387 e. The summed E-state index contributed by atoms with van der Waals surface area (Å²) in [5, 5.41) is 8.86. The van der Waals surface area contributed by atoms with E-state index >= 15 is 0 Å². The Balaban J connectivity index is 3.06. The second-order valence-electron chi connectivity index (χ2n) is 3.16. The molecule has 0 spiro atoms. The molecule has 0 aliphatic rings. The van der Waals surface area contributed by atoms with Gasteiger partial charge in [0.1, 0.15) is 5.75 Å². The van der Waals surface area contributed by atoms with E-state index in [1.165, 1.54) is 12.1 Å². The number of alkyl halides is 2. The lowest BCUT2D eigenvalue weighted by Crippen LogP contribution is -2.05. The molecular formula is C10H9ClF2O3. The van der Waals surface area contributed by atoms with E-state index in [9.17, 15) is 13.6 Å². The third kappa shape index (κ3) is 3.34. The minimum absolute atomic E-state index is 0.0897. The normalized spacial score (nSPS) is 10.6. The SMILES string of the molecule is Cc1cc(OC(F)F)cc(CC(=O)O)c1Cl. The van der Waals surface area contributed by atoms with Gasteiger partial charge in [0.2, 0.25) is 0 Å². The lowest BCUT2D eigenvalue weighted by atomic mass is 10.1. The number of aryl methyl sites for hydroxylation is 1. The highest BCUT2D eigenvalue weighted by Crippen LogP contribution is 2.27. The highest BCUT2D eigenvalue weighted by atomic mass is 35.5. The molecule has 0 unspecified atom stereocenters. The standard InChI is InChI=1S/C10H9ClF2O3/c1-5-2-7(16-10(12)13)3-6(9(5)11)4-8(14)15/h2-3,10H,4H2,1H3,(H,14,15).